The molecule has 2 heterocycles. The Morgan fingerprint density at radius 3 is 2.84 bits per heavy atom. The lowest BCUT2D eigenvalue weighted by Gasteiger charge is -2.04. The van der Waals surface area contributed by atoms with Crippen molar-refractivity contribution in [2.24, 2.45) is 0 Å². The molecule has 124 valence electrons. The van der Waals surface area contributed by atoms with Gasteiger partial charge in [0.25, 0.3) is 0 Å². The number of amides is 1. The Balaban J connectivity index is 1.69. The van der Waals surface area contributed by atoms with Crippen LogP contribution in [0.4, 0.5) is 10.1 Å². The summed E-state index contributed by atoms with van der Waals surface area (Å²) < 4.78 is 14.3. The molecule has 1 N–H and O–H groups in total. The summed E-state index contributed by atoms with van der Waals surface area (Å²) in [6.45, 7) is 0. The lowest BCUT2D eigenvalue weighted by atomic mass is 10.2. The highest BCUT2D eigenvalue weighted by Crippen LogP contribution is 2.19. The molecule has 1 aromatic carbocycles. The van der Waals surface area contributed by atoms with Gasteiger partial charge in [0.1, 0.15) is 6.07 Å². The molecule has 3 aromatic rings. The maximum Gasteiger partial charge on any atom is 0.230 e. The number of pyridine rings is 1. The molecule has 0 radical (unpaired) electrons. The van der Waals surface area contributed by atoms with Crippen LogP contribution in [0, 0.1) is 17.3 Å². The molecule has 3 rings (SSSR count). The second-order valence-corrected chi connectivity index (χ2v) is 5.53. The number of carbonyl (C=O) groups excluding carboxylic acids is 1. The van der Waals surface area contributed by atoms with Crippen molar-refractivity contribution in [1.29, 1.82) is 5.26 Å². The van der Waals surface area contributed by atoms with E-state index in [-0.39, 0.29) is 12.3 Å². The van der Waals surface area contributed by atoms with E-state index in [0.717, 1.165) is 0 Å². The van der Waals surface area contributed by atoms with Gasteiger partial charge in [-0.15, -0.1) is 0 Å². The van der Waals surface area contributed by atoms with Crippen LogP contribution in [0.25, 0.3) is 5.69 Å². The summed E-state index contributed by atoms with van der Waals surface area (Å²) in [6, 6.07) is 11.2. The molecule has 25 heavy (non-hydrogen) atoms. The van der Waals surface area contributed by atoms with E-state index in [4.69, 9.17) is 16.9 Å². The van der Waals surface area contributed by atoms with Crippen molar-refractivity contribution in [1.82, 2.24) is 14.8 Å². The number of rotatable bonds is 4. The summed E-state index contributed by atoms with van der Waals surface area (Å²) in [7, 11) is 0. The Bertz CT molecular complexity index is 962. The van der Waals surface area contributed by atoms with E-state index in [1.807, 2.05) is 6.07 Å². The Hall–Kier alpha value is -3.24. The topological polar surface area (TPSA) is 83.6 Å². The van der Waals surface area contributed by atoms with Crippen LogP contribution >= 0.6 is 11.6 Å². The third kappa shape index (κ3) is 4.00. The first kappa shape index (κ1) is 16.6. The summed E-state index contributed by atoms with van der Waals surface area (Å²) in [5.74, 6) is -0.908. The third-order valence-corrected chi connectivity index (χ3v) is 3.65. The first-order chi connectivity index (χ1) is 12.0. The van der Waals surface area contributed by atoms with Crippen molar-refractivity contribution in [3.05, 3.63) is 71.0 Å². The molecular formula is C17H11ClFN5O. The molecule has 0 aliphatic heterocycles. The lowest BCUT2D eigenvalue weighted by Crippen LogP contribution is -2.15. The number of halogens is 2. The molecule has 2 aromatic heterocycles. The van der Waals surface area contributed by atoms with Crippen LogP contribution < -0.4 is 5.32 Å². The molecule has 0 aliphatic rings. The van der Waals surface area contributed by atoms with Gasteiger partial charge < -0.3 is 5.32 Å². The van der Waals surface area contributed by atoms with E-state index in [1.54, 1.807) is 35.1 Å². The van der Waals surface area contributed by atoms with E-state index >= 15 is 0 Å². The highest BCUT2D eigenvalue weighted by molar-refractivity contribution is 6.31. The quantitative estimate of drug-likeness (QED) is 0.729. The summed E-state index contributed by atoms with van der Waals surface area (Å²) in [4.78, 5) is 15.5. The molecule has 1 amide bonds. The van der Waals surface area contributed by atoms with Gasteiger partial charge in [-0.1, -0.05) is 11.6 Å². The summed E-state index contributed by atoms with van der Waals surface area (Å²) >= 11 is 6.01. The number of aromatic nitrogens is 3. The van der Waals surface area contributed by atoms with E-state index in [2.05, 4.69) is 15.4 Å². The second kappa shape index (κ2) is 7.11. The molecule has 0 atom stereocenters. The average Bonchev–Trinajstić information content (AvgIpc) is 3.05. The maximum absolute atomic E-state index is 12.7. The molecule has 0 saturated heterocycles. The number of nitrogens with one attached hydrogen (secondary N) is 1. The van der Waals surface area contributed by atoms with Gasteiger partial charge in [0.15, 0.2) is 0 Å². The lowest BCUT2D eigenvalue weighted by molar-refractivity contribution is -0.115. The zero-order chi connectivity index (χ0) is 17.8. The van der Waals surface area contributed by atoms with Crippen LogP contribution in [0.5, 0.6) is 0 Å². The number of nitriles is 1. The normalized spacial score (nSPS) is 10.3. The van der Waals surface area contributed by atoms with Crippen LogP contribution in [0.2, 0.25) is 5.02 Å². The van der Waals surface area contributed by atoms with E-state index in [1.165, 1.54) is 18.3 Å². The zero-order valence-electron chi connectivity index (χ0n) is 12.8. The molecule has 0 saturated carbocycles. The predicted octanol–water partition coefficient (Wildman–Crippen LogP) is 3.11. The highest BCUT2D eigenvalue weighted by atomic mass is 35.5. The largest absolute Gasteiger partial charge is 0.324 e. The van der Waals surface area contributed by atoms with Crippen LogP contribution in [0.3, 0.4) is 0 Å². The molecule has 0 spiro atoms. The highest BCUT2D eigenvalue weighted by Gasteiger charge is 2.09. The van der Waals surface area contributed by atoms with Crippen molar-refractivity contribution in [3.8, 4) is 11.8 Å². The Kier molecular flexibility index (Phi) is 4.73. The number of nitrogens with zero attached hydrogens (tertiary/aromatic N) is 4. The molecule has 0 unspecified atom stereocenters. The fraction of sp³-hybridized carbons (Fsp3) is 0.0588. The zero-order valence-corrected chi connectivity index (χ0v) is 13.5. The van der Waals surface area contributed by atoms with Gasteiger partial charge in [-0.3, -0.25) is 4.79 Å². The Labute approximate surface area is 147 Å². The van der Waals surface area contributed by atoms with Gasteiger partial charge in [-0.2, -0.15) is 14.8 Å². The Morgan fingerprint density at radius 2 is 2.16 bits per heavy atom. The van der Waals surface area contributed by atoms with Crippen molar-refractivity contribution in [2.75, 3.05) is 5.32 Å². The van der Waals surface area contributed by atoms with Crippen LogP contribution in [-0.4, -0.2) is 20.7 Å². The third-order valence-electron chi connectivity index (χ3n) is 3.33. The van der Waals surface area contributed by atoms with Crippen LogP contribution in [-0.2, 0) is 11.2 Å². The van der Waals surface area contributed by atoms with Gasteiger partial charge in [-0.25, -0.2) is 9.67 Å². The molecule has 0 aliphatic carbocycles. The second-order valence-electron chi connectivity index (χ2n) is 5.12. The molecular weight excluding hydrogens is 345 g/mol. The van der Waals surface area contributed by atoms with Crippen molar-refractivity contribution >= 4 is 23.2 Å². The van der Waals surface area contributed by atoms with Gasteiger partial charge in [-0.05, 0) is 36.4 Å². The summed E-state index contributed by atoms with van der Waals surface area (Å²) in [5.41, 5.74) is 2.02. The number of hydrogen-bond acceptors (Lipinski definition) is 4. The van der Waals surface area contributed by atoms with Crippen molar-refractivity contribution in [3.63, 3.8) is 0 Å². The van der Waals surface area contributed by atoms with Crippen molar-refractivity contribution < 1.29 is 9.18 Å². The monoisotopic (exact) mass is 355 g/mol. The van der Waals surface area contributed by atoms with Gasteiger partial charge in [0, 0.05) is 6.20 Å². The Morgan fingerprint density at radius 1 is 1.32 bits per heavy atom. The minimum absolute atomic E-state index is 0.0500. The molecule has 8 heteroatoms. The van der Waals surface area contributed by atoms with E-state index in [0.29, 0.717) is 27.7 Å². The predicted molar refractivity (Wildman–Crippen MR) is 89.8 cm³/mol. The first-order valence-corrected chi connectivity index (χ1v) is 7.59. The number of carbonyl (C=O) groups is 1. The van der Waals surface area contributed by atoms with E-state index < -0.39 is 5.95 Å². The minimum Gasteiger partial charge on any atom is -0.324 e. The fourth-order valence-corrected chi connectivity index (χ4v) is 2.37. The van der Waals surface area contributed by atoms with Crippen molar-refractivity contribution in [2.45, 2.75) is 6.42 Å². The van der Waals surface area contributed by atoms with Gasteiger partial charge in [0.2, 0.25) is 11.9 Å². The summed E-state index contributed by atoms with van der Waals surface area (Å²) in [5, 5.41) is 16.2. The smallest absolute Gasteiger partial charge is 0.230 e. The van der Waals surface area contributed by atoms with E-state index in [9.17, 15) is 9.18 Å². The van der Waals surface area contributed by atoms with Gasteiger partial charge >= 0.3 is 0 Å². The van der Waals surface area contributed by atoms with Crippen LogP contribution in [0.1, 0.15) is 11.3 Å². The minimum atomic E-state index is -0.613. The molecule has 0 bridgehead atoms. The molecule has 0 fully saturated rings. The number of anilines is 1. The number of benzene rings is 1. The van der Waals surface area contributed by atoms with Gasteiger partial charge in [0.05, 0.1) is 40.3 Å². The SMILES string of the molecule is N#Cc1ccc(-n2ccc(CC(=O)Nc3ccc(F)nc3)n2)cc1Cl. The number of hydrogen-bond donors (Lipinski definition) is 1. The first-order valence-electron chi connectivity index (χ1n) is 7.21. The molecule has 6 nitrogen and oxygen atoms in total. The maximum atomic E-state index is 12.7. The fourth-order valence-electron chi connectivity index (χ4n) is 2.16. The average molecular weight is 356 g/mol. The summed E-state index contributed by atoms with van der Waals surface area (Å²) in [6.07, 6.45) is 2.98. The van der Waals surface area contributed by atoms with Crippen LogP contribution in [0.15, 0.2) is 48.8 Å². The standard InChI is InChI=1S/C17H11ClFN5O/c18-15-8-14(3-1-11(15)9-20)24-6-5-12(23-24)7-17(25)22-13-2-4-16(19)21-10-13/h1-6,8,10H,7H2,(H,22,25).